The second-order valence-electron chi connectivity index (χ2n) is 4.56. The van der Waals surface area contributed by atoms with Gasteiger partial charge in [0.25, 0.3) is 0 Å². The third kappa shape index (κ3) is 1.17. The molecule has 0 unspecified atom stereocenters. The third-order valence-corrected chi connectivity index (χ3v) is 3.47. The quantitative estimate of drug-likeness (QED) is 0.469. The number of phenolic OH excluding ortho intramolecular Hbond substituents is 1. The van der Waals surface area contributed by atoms with Crippen molar-refractivity contribution in [2.45, 2.75) is 0 Å². The number of hydrogen-bond acceptors (Lipinski definition) is 1. The average molecular weight is 233 g/mol. The smallest absolute Gasteiger partial charge is 0.116 e. The summed E-state index contributed by atoms with van der Waals surface area (Å²) in [5, 5.41) is 14.3. The maximum Gasteiger partial charge on any atom is 0.116 e. The molecule has 0 radical (unpaired) electrons. The molecular weight excluding hydrogens is 222 g/mol. The molecule has 3 aromatic carbocycles. The van der Waals surface area contributed by atoms with E-state index >= 15 is 0 Å². The van der Waals surface area contributed by atoms with Crippen molar-refractivity contribution >= 4 is 32.6 Å². The van der Waals surface area contributed by atoms with Crippen LogP contribution in [0, 0.1) is 0 Å². The Hall–Kier alpha value is -2.48. The Morgan fingerprint density at radius 3 is 2.56 bits per heavy atom. The Morgan fingerprint density at radius 1 is 0.778 bits per heavy atom. The first kappa shape index (κ1) is 9.54. The number of aromatic nitrogens is 1. The fraction of sp³-hybridized carbons (Fsp3) is 0. The van der Waals surface area contributed by atoms with E-state index in [0.717, 1.165) is 16.4 Å². The molecule has 2 N–H and O–H groups in total. The van der Waals surface area contributed by atoms with Gasteiger partial charge >= 0.3 is 0 Å². The van der Waals surface area contributed by atoms with Gasteiger partial charge in [-0.1, -0.05) is 30.3 Å². The minimum absolute atomic E-state index is 0.302. The number of benzene rings is 3. The number of hydrogen-bond donors (Lipinski definition) is 2. The highest BCUT2D eigenvalue weighted by Crippen LogP contribution is 2.33. The van der Waals surface area contributed by atoms with Crippen LogP contribution in [-0.4, -0.2) is 10.1 Å². The monoisotopic (exact) mass is 233 g/mol. The first-order valence-corrected chi connectivity index (χ1v) is 5.95. The molecule has 2 nitrogen and oxygen atoms in total. The van der Waals surface area contributed by atoms with Crippen molar-refractivity contribution in [2.24, 2.45) is 0 Å². The molecule has 0 atom stereocenters. The van der Waals surface area contributed by atoms with Crippen LogP contribution in [0.2, 0.25) is 0 Å². The van der Waals surface area contributed by atoms with Crippen LogP contribution < -0.4 is 0 Å². The Kier molecular flexibility index (Phi) is 1.73. The molecule has 0 spiro atoms. The molecule has 1 aromatic heterocycles. The van der Waals surface area contributed by atoms with Crippen LogP contribution in [0.5, 0.6) is 5.75 Å². The van der Waals surface area contributed by atoms with Crippen LogP contribution in [0.1, 0.15) is 0 Å². The van der Waals surface area contributed by atoms with Gasteiger partial charge in [0, 0.05) is 21.8 Å². The lowest BCUT2D eigenvalue weighted by Gasteiger charge is -1.99. The summed E-state index contributed by atoms with van der Waals surface area (Å²) in [6.07, 6.45) is 0. The van der Waals surface area contributed by atoms with Crippen molar-refractivity contribution in [3.8, 4) is 5.75 Å². The highest BCUT2D eigenvalue weighted by molar-refractivity contribution is 6.20. The van der Waals surface area contributed by atoms with Gasteiger partial charge in [-0.05, 0) is 35.0 Å². The van der Waals surface area contributed by atoms with E-state index in [0.29, 0.717) is 5.75 Å². The van der Waals surface area contributed by atoms with Crippen molar-refractivity contribution in [1.29, 1.82) is 0 Å². The van der Waals surface area contributed by atoms with E-state index in [1.165, 1.54) is 16.2 Å². The molecule has 18 heavy (non-hydrogen) atoms. The van der Waals surface area contributed by atoms with Crippen molar-refractivity contribution in [1.82, 2.24) is 4.98 Å². The molecule has 1 heterocycles. The van der Waals surface area contributed by atoms with Gasteiger partial charge in [0.05, 0.1) is 0 Å². The van der Waals surface area contributed by atoms with E-state index < -0.39 is 0 Å². The zero-order chi connectivity index (χ0) is 12.1. The summed E-state index contributed by atoms with van der Waals surface area (Å²) in [7, 11) is 0. The molecule has 2 heteroatoms. The molecule has 0 fully saturated rings. The minimum atomic E-state index is 0.302. The van der Waals surface area contributed by atoms with E-state index in [-0.39, 0.29) is 0 Å². The second-order valence-corrected chi connectivity index (χ2v) is 4.56. The molecule has 0 aliphatic rings. The maximum atomic E-state index is 9.67. The number of phenols is 1. The zero-order valence-corrected chi connectivity index (χ0v) is 9.64. The number of H-pyrrole nitrogens is 1. The fourth-order valence-electron chi connectivity index (χ4n) is 2.66. The molecule has 0 amide bonds. The molecule has 4 aromatic rings. The van der Waals surface area contributed by atoms with Gasteiger partial charge in [0.15, 0.2) is 0 Å². The summed E-state index contributed by atoms with van der Waals surface area (Å²) < 4.78 is 0. The zero-order valence-electron chi connectivity index (χ0n) is 9.64. The largest absolute Gasteiger partial charge is 0.508 e. The molecule has 0 aliphatic carbocycles. The summed E-state index contributed by atoms with van der Waals surface area (Å²) in [5.74, 6) is 0.302. The van der Waals surface area contributed by atoms with Gasteiger partial charge in [-0.2, -0.15) is 0 Å². The van der Waals surface area contributed by atoms with Gasteiger partial charge in [0.1, 0.15) is 5.75 Å². The summed E-state index contributed by atoms with van der Waals surface area (Å²) >= 11 is 0. The first-order chi connectivity index (χ1) is 8.83. The lowest BCUT2D eigenvalue weighted by Crippen LogP contribution is -1.73. The summed E-state index contributed by atoms with van der Waals surface area (Å²) in [5.41, 5.74) is 2.16. The van der Waals surface area contributed by atoms with Crippen molar-refractivity contribution < 1.29 is 5.11 Å². The summed E-state index contributed by atoms with van der Waals surface area (Å²) in [4.78, 5) is 3.39. The average Bonchev–Trinajstić information content (AvgIpc) is 2.77. The molecule has 0 aliphatic heterocycles. The van der Waals surface area contributed by atoms with Crippen LogP contribution in [0.25, 0.3) is 32.6 Å². The third-order valence-electron chi connectivity index (χ3n) is 3.47. The first-order valence-electron chi connectivity index (χ1n) is 5.95. The molecular formula is C16H11NO. The summed E-state index contributed by atoms with van der Waals surface area (Å²) in [6, 6.07) is 18.0. The number of aromatic amines is 1. The van der Waals surface area contributed by atoms with Crippen LogP contribution in [0.4, 0.5) is 0 Å². The molecule has 0 saturated carbocycles. The van der Waals surface area contributed by atoms with Crippen LogP contribution >= 0.6 is 0 Å². The van der Waals surface area contributed by atoms with Crippen molar-refractivity contribution in [2.75, 3.05) is 0 Å². The summed E-state index contributed by atoms with van der Waals surface area (Å²) in [6.45, 7) is 0. The molecule has 0 bridgehead atoms. The lowest BCUT2D eigenvalue weighted by atomic mass is 10.0. The predicted octanol–water partition coefficient (Wildman–Crippen LogP) is 4.18. The highest BCUT2D eigenvalue weighted by atomic mass is 16.3. The standard InChI is InChI=1S/C16H11NO/c18-11-6-8-14-13(9-11)16-12-4-2-1-3-10(12)5-7-15(16)17-14/h1-9,17-18H. The topological polar surface area (TPSA) is 36.0 Å². The lowest BCUT2D eigenvalue weighted by molar-refractivity contribution is 0.476. The van der Waals surface area contributed by atoms with Crippen molar-refractivity contribution in [3.05, 3.63) is 54.6 Å². The molecule has 86 valence electrons. The highest BCUT2D eigenvalue weighted by Gasteiger charge is 2.08. The SMILES string of the molecule is Oc1ccc2[nH]c3ccc4ccccc4c3c2c1. The number of nitrogens with one attached hydrogen (secondary N) is 1. The normalized spacial score (nSPS) is 11.6. The van der Waals surface area contributed by atoms with E-state index in [9.17, 15) is 5.11 Å². The Labute approximate surface area is 103 Å². The number of aromatic hydroxyl groups is 1. The van der Waals surface area contributed by atoms with E-state index in [4.69, 9.17) is 0 Å². The van der Waals surface area contributed by atoms with E-state index in [1.54, 1.807) is 6.07 Å². The van der Waals surface area contributed by atoms with Gasteiger partial charge in [-0.15, -0.1) is 0 Å². The number of fused-ring (bicyclic) bond motifs is 5. The molecule has 0 saturated heterocycles. The predicted molar refractivity (Wildman–Crippen MR) is 75.0 cm³/mol. The van der Waals surface area contributed by atoms with Gasteiger partial charge in [-0.25, -0.2) is 0 Å². The van der Waals surface area contributed by atoms with E-state index in [2.05, 4.69) is 29.2 Å². The second kappa shape index (κ2) is 3.26. The van der Waals surface area contributed by atoms with E-state index in [1.807, 2.05) is 24.3 Å². The van der Waals surface area contributed by atoms with Crippen LogP contribution in [0.3, 0.4) is 0 Å². The maximum absolute atomic E-state index is 9.67. The minimum Gasteiger partial charge on any atom is -0.508 e. The fourth-order valence-corrected chi connectivity index (χ4v) is 2.66. The Balaban J connectivity index is 2.35. The number of rotatable bonds is 0. The van der Waals surface area contributed by atoms with Gasteiger partial charge in [0.2, 0.25) is 0 Å². The van der Waals surface area contributed by atoms with Crippen LogP contribution in [-0.2, 0) is 0 Å². The Morgan fingerprint density at radius 2 is 1.61 bits per heavy atom. The van der Waals surface area contributed by atoms with Crippen LogP contribution in [0.15, 0.2) is 54.6 Å². The Bertz CT molecular complexity index is 889. The molecule has 4 rings (SSSR count). The van der Waals surface area contributed by atoms with Gasteiger partial charge < -0.3 is 10.1 Å². The van der Waals surface area contributed by atoms with Crippen molar-refractivity contribution in [3.63, 3.8) is 0 Å². The van der Waals surface area contributed by atoms with Gasteiger partial charge in [-0.3, -0.25) is 0 Å².